The van der Waals surface area contributed by atoms with Gasteiger partial charge in [-0.2, -0.15) is 0 Å². The number of rotatable bonds is 9. The molecule has 0 N–H and O–H groups in total. The van der Waals surface area contributed by atoms with Crippen molar-refractivity contribution in [2.24, 2.45) is 0 Å². The molecule has 0 radical (unpaired) electrons. The van der Waals surface area contributed by atoms with Gasteiger partial charge in [0.2, 0.25) is 5.76 Å². The molecule has 2 aromatic rings. The van der Waals surface area contributed by atoms with E-state index in [4.69, 9.17) is 13.9 Å². The second-order valence-corrected chi connectivity index (χ2v) is 5.82. The van der Waals surface area contributed by atoms with E-state index in [0.29, 0.717) is 24.4 Å². The lowest BCUT2D eigenvalue weighted by Crippen LogP contribution is -2.35. The molecule has 6 nitrogen and oxygen atoms in total. The van der Waals surface area contributed by atoms with Gasteiger partial charge in [0.05, 0.1) is 6.26 Å². The van der Waals surface area contributed by atoms with Crippen molar-refractivity contribution in [1.29, 1.82) is 0 Å². The molecule has 0 aliphatic carbocycles. The number of furan rings is 1. The van der Waals surface area contributed by atoms with Gasteiger partial charge in [0.15, 0.2) is 6.61 Å². The van der Waals surface area contributed by atoms with E-state index in [1.807, 2.05) is 44.2 Å². The zero-order chi connectivity index (χ0) is 18.9. The molecule has 0 fully saturated rings. The zero-order valence-electron chi connectivity index (χ0n) is 15.1. The van der Waals surface area contributed by atoms with Gasteiger partial charge < -0.3 is 18.8 Å². The highest BCUT2D eigenvalue weighted by molar-refractivity contribution is 5.90. The van der Waals surface area contributed by atoms with Crippen molar-refractivity contribution in [2.75, 3.05) is 19.7 Å². The Morgan fingerprint density at radius 2 is 1.92 bits per heavy atom. The summed E-state index contributed by atoms with van der Waals surface area (Å²) in [6.07, 6.45) is 1.39. The predicted octanol–water partition coefficient (Wildman–Crippen LogP) is 3.44. The fourth-order valence-electron chi connectivity index (χ4n) is 2.29. The minimum Gasteiger partial charge on any atom is -0.489 e. The smallest absolute Gasteiger partial charge is 0.375 e. The topological polar surface area (TPSA) is 69.0 Å². The maximum absolute atomic E-state index is 12.2. The summed E-state index contributed by atoms with van der Waals surface area (Å²) in [5.41, 5.74) is 1.42. The molecule has 138 valence electrons. The number of amides is 1. The summed E-state index contributed by atoms with van der Waals surface area (Å²) in [5, 5.41) is 0. The molecule has 0 aliphatic rings. The van der Waals surface area contributed by atoms with Crippen LogP contribution in [-0.2, 0) is 16.1 Å². The predicted molar refractivity (Wildman–Crippen MR) is 96.8 cm³/mol. The third-order valence-corrected chi connectivity index (χ3v) is 3.59. The molecule has 0 unspecified atom stereocenters. The van der Waals surface area contributed by atoms with Gasteiger partial charge in [-0.15, -0.1) is 0 Å². The summed E-state index contributed by atoms with van der Waals surface area (Å²) in [5.74, 6) is -0.253. The third kappa shape index (κ3) is 5.51. The number of para-hydroxylation sites is 1. The lowest BCUT2D eigenvalue weighted by molar-refractivity contribution is -0.134. The van der Waals surface area contributed by atoms with Crippen LogP contribution in [0.25, 0.3) is 0 Å². The largest absolute Gasteiger partial charge is 0.489 e. The standard InChI is InChI=1S/C20H23NO5/c1-4-21(12-15(2)3)18(22)14-26-20(23)19-16(10-11-24-19)13-25-17-8-6-5-7-9-17/h5-11H,2,4,12-14H2,1,3H3. The third-order valence-electron chi connectivity index (χ3n) is 3.59. The van der Waals surface area contributed by atoms with Crippen LogP contribution in [0.4, 0.5) is 0 Å². The van der Waals surface area contributed by atoms with Gasteiger partial charge in [-0.3, -0.25) is 4.79 Å². The highest BCUT2D eigenvalue weighted by Crippen LogP contribution is 2.16. The Morgan fingerprint density at radius 3 is 2.58 bits per heavy atom. The second-order valence-electron chi connectivity index (χ2n) is 5.82. The van der Waals surface area contributed by atoms with Crippen LogP contribution in [0.2, 0.25) is 0 Å². The Morgan fingerprint density at radius 1 is 1.19 bits per heavy atom. The zero-order valence-corrected chi connectivity index (χ0v) is 15.1. The maximum atomic E-state index is 12.2. The number of hydrogen-bond acceptors (Lipinski definition) is 5. The van der Waals surface area contributed by atoms with Crippen LogP contribution in [0, 0.1) is 0 Å². The number of carbonyl (C=O) groups excluding carboxylic acids is 2. The Bertz CT molecular complexity index is 751. The molecule has 26 heavy (non-hydrogen) atoms. The van der Waals surface area contributed by atoms with Gasteiger partial charge in [0, 0.05) is 18.7 Å². The maximum Gasteiger partial charge on any atom is 0.375 e. The van der Waals surface area contributed by atoms with Crippen LogP contribution >= 0.6 is 0 Å². The molecule has 0 saturated heterocycles. The van der Waals surface area contributed by atoms with E-state index in [1.54, 1.807) is 11.0 Å². The van der Waals surface area contributed by atoms with Crippen molar-refractivity contribution in [3.05, 3.63) is 66.1 Å². The Labute approximate surface area is 153 Å². The summed E-state index contributed by atoms with van der Waals surface area (Å²) in [6, 6.07) is 10.9. The van der Waals surface area contributed by atoms with E-state index in [2.05, 4.69) is 6.58 Å². The summed E-state index contributed by atoms with van der Waals surface area (Å²) in [6.45, 7) is 8.24. The first-order chi connectivity index (χ1) is 12.5. The second kappa shape index (κ2) is 9.46. The van der Waals surface area contributed by atoms with E-state index >= 15 is 0 Å². The molecule has 1 aromatic carbocycles. The van der Waals surface area contributed by atoms with Crippen molar-refractivity contribution >= 4 is 11.9 Å². The summed E-state index contributed by atoms with van der Waals surface area (Å²) in [4.78, 5) is 25.9. The minimum atomic E-state index is -0.693. The number of benzene rings is 1. The van der Waals surface area contributed by atoms with Gasteiger partial charge >= 0.3 is 5.97 Å². The number of ether oxygens (including phenoxy) is 2. The Hall–Kier alpha value is -3.02. The SMILES string of the molecule is C=C(C)CN(CC)C(=O)COC(=O)c1occc1COc1ccccc1. The monoisotopic (exact) mass is 357 g/mol. The van der Waals surface area contributed by atoms with E-state index in [-0.39, 0.29) is 24.9 Å². The van der Waals surface area contributed by atoms with Crippen LogP contribution in [0.15, 0.2) is 59.2 Å². The van der Waals surface area contributed by atoms with Crippen LogP contribution in [-0.4, -0.2) is 36.5 Å². The quantitative estimate of drug-likeness (QED) is 0.508. The van der Waals surface area contributed by atoms with Crippen molar-refractivity contribution in [3.63, 3.8) is 0 Å². The molecule has 1 heterocycles. The first-order valence-electron chi connectivity index (χ1n) is 8.34. The number of esters is 1. The Balaban J connectivity index is 1.91. The fourth-order valence-corrected chi connectivity index (χ4v) is 2.29. The van der Waals surface area contributed by atoms with Crippen LogP contribution in [0.1, 0.15) is 30.0 Å². The van der Waals surface area contributed by atoms with Crippen molar-refractivity contribution in [2.45, 2.75) is 20.5 Å². The normalized spacial score (nSPS) is 10.2. The molecule has 6 heteroatoms. The first kappa shape index (κ1) is 19.3. The van der Waals surface area contributed by atoms with Crippen molar-refractivity contribution in [1.82, 2.24) is 4.90 Å². The van der Waals surface area contributed by atoms with Gasteiger partial charge in [-0.05, 0) is 32.0 Å². The Kier molecular flexibility index (Phi) is 7.02. The lowest BCUT2D eigenvalue weighted by Gasteiger charge is -2.20. The molecule has 1 aromatic heterocycles. The highest BCUT2D eigenvalue weighted by Gasteiger charge is 2.20. The lowest BCUT2D eigenvalue weighted by atomic mass is 10.2. The fraction of sp³-hybridized carbons (Fsp3) is 0.300. The van der Waals surface area contributed by atoms with E-state index in [9.17, 15) is 9.59 Å². The average molecular weight is 357 g/mol. The van der Waals surface area contributed by atoms with Crippen LogP contribution < -0.4 is 4.74 Å². The van der Waals surface area contributed by atoms with Gasteiger partial charge in [0.25, 0.3) is 5.91 Å². The molecular formula is C20H23NO5. The van der Waals surface area contributed by atoms with E-state index in [0.717, 1.165) is 5.57 Å². The first-order valence-corrected chi connectivity index (χ1v) is 8.34. The summed E-state index contributed by atoms with van der Waals surface area (Å²) < 4.78 is 15.9. The number of nitrogens with zero attached hydrogens (tertiary/aromatic N) is 1. The summed E-state index contributed by atoms with van der Waals surface area (Å²) in [7, 11) is 0. The van der Waals surface area contributed by atoms with Crippen molar-refractivity contribution < 1.29 is 23.5 Å². The van der Waals surface area contributed by atoms with Crippen LogP contribution in [0.3, 0.4) is 0 Å². The van der Waals surface area contributed by atoms with Gasteiger partial charge in [0.1, 0.15) is 12.4 Å². The van der Waals surface area contributed by atoms with Gasteiger partial charge in [-0.25, -0.2) is 4.79 Å². The molecular weight excluding hydrogens is 334 g/mol. The summed E-state index contributed by atoms with van der Waals surface area (Å²) >= 11 is 0. The molecule has 0 aliphatic heterocycles. The average Bonchev–Trinajstić information content (AvgIpc) is 3.11. The van der Waals surface area contributed by atoms with Crippen molar-refractivity contribution in [3.8, 4) is 5.75 Å². The van der Waals surface area contributed by atoms with Gasteiger partial charge in [-0.1, -0.05) is 30.4 Å². The molecule has 0 atom stereocenters. The van der Waals surface area contributed by atoms with Crippen LogP contribution in [0.5, 0.6) is 5.75 Å². The minimum absolute atomic E-state index is 0.0386. The number of carbonyl (C=O) groups is 2. The number of hydrogen-bond donors (Lipinski definition) is 0. The molecule has 0 spiro atoms. The molecule has 0 bridgehead atoms. The van der Waals surface area contributed by atoms with E-state index in [1.165, 1.54) is 6.26 Å². The number of likely N-dealkylation sites (N-methyl/N-ethyl adjacent to an activating group) is 1. The highest BCUT2D eigenvalue weighted by atomic mass is 16.5. The molecule has 1 amide bonds. The van der Waals surface area contributed by atoms with E-state index < -0.39 is 5.97 Å². The molecule has 2 rings (SSSR count). The molecule has 0 saturated carbocycles.